The fourth-order valence-electron chi connectivity index (χ4n) is 11.1. The molecule has 0 aliphatic heterocycles. The lowest BCUT2D eigenvalue weighted by Crippen LogP contribution is -2.37. The molecule has 0 rings (SSSR count). The van der Waals surface area contributed by atoms with Gasteiger partial charge < -0.3 is 27.9 Å². The molecule has 0 aromatic heterocycles. The van der Waals surface area contributed by atoms with Crippen molar-refractivity contribution in [1.82, 2.24) is 0 Å². The van der Waals surface area contributed by atoms with Gasteiger partial charge in [-0.15, -0.1) is 0 Å². The highest BCUT2D eigenvalue weighted by Gasteiger charge is 2.22. The molecule has 0 radical (unpaired) electrons. The Balaban J connectivity index is 4.01. The molecule has 9 nitrogen and oxygen atoms in total. The Bertz CT molecular complexity index is 2300. The minimum atomic E-state index is -4.66. The summed E-state index contributed by atoms with van der Waals surface area (Å²) in [7, 11) is 1.16. The number of ether oxygens (including phenoxy) is 2. The zero-order valence-corrected chi connectivity index (χ0v) is 66.0. The van der Waals surface area contributed by atoms with Crippen molar-refractivity contribution in [2.24, 2.45) is 0 Å². The van der Waals surface area contributed by atoms with Crippen molar-refractivity contribution in [2.45, 2.75) is 341 Å². The maximum Gasteiger partial charge on any atom is 0.306 e. The molecule has 0 aliphatic rings. The van der Waals surface area contributed by atoms with Crippen molar-refractivity contribution in [1.29, 1.82) is 0 Å². The highest BCUT2D eigenvalue weighted by molar-refractivity contribution is 7.45. The Morgan fingerprint density at radius 1 is 0.310 bits per heavy atom. The standard InChI is InChI=1S/C90H152NO8P/c1-6-8-10-12-14-16-18-20-22-24-26-28-30-32-34-36-38-40-42-43-44-45-46-47-49-51-53-55-57-59-61-63-65-67-69-71-73-75-77-79-81-83-90(93)99-88(87-98-100(94,95)97-85-84-91(3,4)5)86-96-89(92)82-80-78-76-74-72-70-68-66-64-62-60-58-56-54-52-50-48-41-39-37-35-33-31-29-27-25-23-21-19-17-15-13-11-9-7-2/h8-11,14-17,20-23,26-29,32,34,38,40,43-44,46-47,51,53,57,59,88H,6-7,12-13,18-19,24-25,30-31,33,35-37,39,41-42,45,48-50,52,54-56,58,60-87H2,1-5H3/b10-8-,11-9-,16-14-,17-15-,22-20-,23-21-,28-26-,29-27-,34-32-,40-38-,44-43-,47-46-,53-51-,59-57-. The summed E-state index contributed by atoms with van der Waals surface area (Å²) < 4.78 is 34.4. The van der Waals surface area contributed by atoms with Gasteiger partial charge in [-0.1, -0.05) is 364 Å². The highest BCUT2D eigenvalue weighted by atomic mass is 31.2. The quantitative estimate of drug-likeness (QED) is 0.0195. The van der Waals surface area contributed by atoms with Gasteiger partial charge in [0.25, 0.3) is 7.82 Å². The second-order valence-electron chi connectivity index (χ2n) is 28.0. The predicted molar refractivity (Wildman–Crippen MR) is 433 cm³/mol. The number of rotatable bonds is 74. The van der Waals surface area contributed by atoms with Gasteiger partial charge in [0.15, 0.2) is 6.10 Å². The Morgan fingerprint density at radius 2 is 0.540 bits per heavy atom. The molecule has 0 saturated heterocycles. The van der Waals surface area contributed by atoms with Crippen LogP contribution in [0.25, 0.3) is 0 Å². The van der Waals surface area contributed by atoms with Crippen LogP contribution in [0.3, 0.4) is 0 Å². The van der Waals surface area contributed by atoms with Crippen LogP contribution in [0.1, 0.15) is 335 Å². The summed E-state index contributed by atoms with van der Waals surface area (Å²) in [6.45, 7) is 4.03. The minimum Gasteiger partial charge on any atom is -0.756 e. The third kappa shape index (κ3) is 82.3. The first-order valence-corrected chi connectivity index (χ1v) is 42.3. The first-order chi connectivity index (χ1) is 49.0. The van der Waals surface area contributed by atoms with E-state index in [9.17, 15) is 19.0 Å². The highest BCUT2D eigenvalue weighted by Crippen LogP contribution is 2.38. The summed E-state index contributed by atoms with van der Waals surface area (Å²) in [5.41, 5.74) is 0. The molecule has 0 aromatic rings. The maximum absolute atomic E-state index is 12.9. The lowest BCUT2D eigenvalue weighted by atomic mass is 10.0. The molecule has 0 aromatic carbocycles. The Morgan fingerprint density at radius 3 is 0.800 bits per heavy atom. The van der Waals surface area contributed by atoms with E-state index in [2.05, 4.69) is 184 Å². The molecule has 2 unspecified atom stereocenters. The largest absolute Gasteiger partial charge is 0.756 e. The second-order valence-corrected chi connectivity index (χ2v) is 29.4. The van der Waals surface area contributed by atoms with Crippen LogP contribution < -0.4 is 4.89 Å². The average Bonchev–Trinajstić information content (AvgIpc) is 1.30. The molecule has 0 fully saturated rings. The van der Waals surface area contributed by atoms with E-state index >= 15 is 0 Å². The average molecular weight is 1410 g/mol. The molecule has 0 saturated carbocycles. The van der Waals surface area contributed by atoms with Crippen molar-refractivity contribution in [3.8, 4) is 0 Å². The van der Waals surface area contributed by atoms with E-state index in [1.54, 1.807) is 0 Å². The number of hydrogen-bond acceptors (Lipinski definition) is 8. The van der Waals surface area contributed by atoms with Crippen LogP contribution in [-0.4, -0.2) is 70.0 Å². The number of esters is 2. The number of carbonyl (C=O) groups is 2. The van der Waals surface area contributed by atoms with Gasteiger partial charge in [0.05, 0.1) is 27.7 Å². The number of likely N-dealkylation sites (N-methyl/N-ethyl adjacent to an activating group) is 1. The van der Waals surface area contributed by atoms with Crippen molar-refractivity contribution in [3.05, 3.63) is 170 Å². The molecule has 0 bridgehead atoms. The Kier molecular flexibility index (Phi) is 74.9. The van der Waals surface area contributed by atoms with Crippen molar-refractivity contribution < 1.29 is 42.1 Å². The van der Waals surface area contributed by atoms with Crippen molar-refractivity contribution in [2.75, 3.05) is 47.5 Å². The zero-order valence-electron chi connectivity index (χ0n) is 65.1. The normalized spacial score (nSPS) is 13.9. The van der Waals surface area contributed by atoms with Crippen LogP contribution in [0.2, 0.25) is 0 Å². The Labute approximate surface area is 617 Å². The van der Waals surface area contributed by atoms with Crippen LogP contribution >= 0.6 is 7.82 Å². The first-order valence-electron chi connectivity index (χ1n) is 40.8. The topological polar surface area (TPSA) is 111 Å². The fourth-order valence-corrected chi connectivity index (χ4v) is 11.8. The molecule has 0 spiro atoms. The molecule has 0 N–H and O–H groups in total. The summed E-state index contributed by atoms with van der Waals surface area (Å²) in [5, 5.41) is 0. The number of phosphoric acid groups is 1. The van der Waals surface area contributed by atoms with E-state index in [0.29, 0.717) is 17.4 Å². The molecule has 0 amide bonds. The van der Waals surface area contributed by atoms with Crippen LogP contribution in [0.4, 0.5) is 0 Å². The number of carbonyl (C=O) groups excluding carboxylic acids is 2. The summed E-state index contributed by atoms with van der Waals surface area (Å²) in [6.07, 6.45) is 119. The molecule has 2 atom stereocenters. The molecular weight excluding hydrogens is 1250 g/mol. The SMILES string of the molecule is CC/C=C\C/C=C\C/C=C\C/C=C\C/C=C\C/C=C\C/C=C\C/C=C\C/C=C\C/C=C\CCCCCCCCCCCCC(=O)OC(COC(=O)CCCCCCCCCCCCCCCCCCCCCCCC/C=C\C/C=C\C/C=C\C/C=C\CC)COP(=O)([O-])OCC[N+](C)(C)C. The minimum absolute atomic E-state index is 0.0372. The zero-order chi connectivity index (χ0) is 72.5. The number of hydrogen-bond donors (Lipinski definition) is 0. The first kappa shape index (κ1) is 95.4. The van der Waals surface area contributed by atoms with E-state index in [0.717, 1.165) is 135 Å². The van der Waals surface area contributed by atoms with E-state index in [-0.39, 0.29) is 32.0 Å². The number of allylic oxidation sites excluding steroid dienone is 28. The van der Waals surface area contributed by atoms with Crippen LogP contribution in [0, 0.1) is 0 Å². The van der Waals surface area contributed by atoms with Gasteiger partial charge >= 0.3 is 11.9 Å². The molecule has 570 valence electrons. The van der Waals surface area contributed by atoms with Crippen LogP contribution in [0.5, 0.6) is 0 Å². The van der Waals surface area contributed by atoms with E-state index in [1.165, 1.54) is 167 Å². The smallest absolute Gasteiger partial charge is 0.306 e. The molecular formula is C90H152NO8P. The summed E-state index contributed by atoms with van der Waals surface area (Å²) in [5.74, 6) is -0.834. The van der Waals surface area contributed by atoms with Crippen molar-refractivity contribution in [3.63, 3.8) is 0 Å². The van der Waals surface area contributed by atoms with Gasteiger partial charge in [0.2, 0.25) is 0 Å². The number of phosphoric ester groups is 1. The predicted octanol–water partition coefficient (Wildman–Crippen LogP) is 27.0. The monoisotopic (exact) mass is 1410 g/mol. The summed E-state index contributed by atoms with van der Waals surface area (Å²) in [6, 6.07) is 0. The van der Waals surface area contributed by atoms with Gasteiger partial charge in [-0.25, -0.2) is 0 Å². The molecule has 0 aliphatic carbocycles. The van der Waals surface area contributed by atoms with Gasteiger partial charge in [0, 0.05) is 12.8 Å². The lowest BCUT2D eigenvalue weighted by molar-refractivity contribution is -0.870. The Hall–Kier alpha value is -4.63. The number of unbranched alkanes of at least 4 members (excludes halogenated alkanes) is 32. The van der Waals surface area contributed by atoms with Crippen LogP contribution in [-0.2, 0) is 32.7 Å². The summed E-state index contributed by atoms with van der Waals surface area (Å²) >= 11 is 0. The molecule has 10 heteroatoms. The number of quaternary nitrogens is 1. The van der Waals surface area contributed by atoms with Crippen LogP contribution in [0.15, 0.2) is 170 Å². The third-order valence-corrected chi connectivity index (χ3v) is 18.2. The van der Waals surface area contributed by atoms with E-state index in [1.807, 2.05) is 21.1 Å². The molecule has 0 heterocycles. The van der Waals surface area contributed by atoms with Gasteiger partial charge in [-0.05, 0) is 128 Å². The molecule has 100 heavy (non-hydrogen) atoms. The number of nitrogens with zero attached hydrogens (tertiary/aromatic N) is 1. The van der Waals surface area contributed by atoms with E-state index < -0.39 is 26.5 Å². The van der Waals surface area contributed by atoms with Gasteiger partial charge in [-0.3, -0.25) is 14.2 Å². The van der Waals surface area contributed by atoms with E-state index in [4.69, 9.17) is 18.5 Å². The lowest BCUT2D eigenvalue weighted by Gasteiger charge is -2.28. The third-order valence-electron chi connectivity index (χ3n) is 17.2. The van der Waals surface area contributed by atoms with Gasteiger partial charge in [-0.2, -0.15) is 0 Å². The van der Waals surface area contributed by atoms with Gasteiger partial charge in [0.1, 0.15) is 19.8 Å². The second kappa shape index (κ2) is 78.5. The maximum atomic E-state index is 12.9. The fraction of sp³-hybridized carbons (Fsp3) is 0.667. The van der Waals surface area contributed by atoms with Crippen molar-refractivity contribution >= 4 is 19.8 Å². The summed E-state index contributed by atoms with van der Waals surface area (Å²) in [4.78, 5) is 38.2.